The van der Waals surface area contributed by atoms with E-state index in [9.17, 15) is 14.9 Å². The molecule has 3 N–H and O–H groups in total. The number of nitro benzene ring substituents is 1. The van der Waals surface area contributed by atoms with Crippen molar-refractivity contribution in [3.63, 3.8) is 0 Å². The monoisotopic (exact) mass is 277 g/mol. The maximum atomic E-state index is 11.1. The molecule has 1 unspecified atom stereocenters. The van der Waals surface area contributed by atoms with E-state index in [-0.39, 0.29) is 17.3 Å². The van der Waals surface area contributed by atoms with Crippen LogP contribution in [0, 0.1) is 10.1 Å². The lowest BCUT2D eigenvalue weighted by molar-refractivity contribution is -0.385. The van der Waals surface area contributed by atoms with Gasteiger partial charge in [-0.05, 0) is 17.7 Å². The summed E-state index contributed by atoms with van der Waals surface area (Å²) >= 11 is 0. The third kappa shape index (κ3) is 3.40. The summed E-state index contributed by atoms with van der Waals surface area (Å²) in [5.74, 6) is -1.14. The summed E-state index contributed by atoms with van der Waals surface area (Å²) in [5, 5.41) is 26.2. The number of rotatable bonds is 4. The second kappa shape index (κ2) is 6.27. The highest BCUT2D eigenvalue weighted by atomic mass is 16.6. The second-order valence-electron chi connectivity index (χ2n) is 4.46. The lowest BCUT2D eigenvalue weighted by Gasteiger charge is -2.24. The van der Waals surface area contributed by atoms with E-state index in [1.54, 1.807) is 12.1 Å². The molecule has 1 heterocycles. The predicted octanol–water partition coefficient (Wildman–Crippen LogP) is 0.926. The van der Waals surface area contributed by atoms with Gasteiger partial charge in [-0.15, -0.1) is 0 Å². The topological polar surface area (TPSA) is 104 Å². The minimum Gasteiger partial charge on any atom is -0.478 e. The molecule has 0 spiro atoms. The van der Waals surface area contributed by atoms with Crippen LogP contribution < -0.4 is 10.6 Å². The molecule has 1 saturated heterocycles. The van der Waals surface area contributed by atoms with Crippen molar-refractivity contribution in [3.05, 3.63) is 45.5 Å². The van der Waals surface area contributed by atoms with Crippen molar-refractivity contribution in [1.82, 2.24) is 10.6 Å². The molecule has 0 saturated carbocycles. The minimum atomic E-state index is -1.14. The number of nitrogens with zero attached hydrogens (tertiary/aromatic N) is 1. The van der Waals surface area contributed by atoms with Gasteiger partial charge in [0.1, 0.15) is 0 Å². The molecule has 1 aliphatic heterocycles. The van der Waals surface area contributed by atoms with Crippen molar-refractivity contribution < 1.29 is 14.8 Å². The molecule has 0 amide bonds. The average Bonchev–Trinajstić information content (AvgIpc) is 2.45. The van der Waals surface area contributed by atoms with Crippen LogP contribution in [-0.4, -0.2) is 35.6 Å². The fourth-order valence-corrected chi connectivity index (χ4v) is 2.13. The molecule has 1 atom stereocenters. The second-order valence-corrected chi connectivity index (χ2v) is 4.46. The maximum absolute atomic E-state index is 11.1. The zero-order valence-corrected chi connectivity index (χ0v) is 10.7. The van der Waals surface area contributed by atoms with Crippen molar-refractivity contribution in [2.24, 2.45) is 0 Å². The number of nitrogens with one attached hydrogen (secondary N) is 2. The van der Waals surface area contributed by atoms with Gasteiger partial charge in [-0.1, -0.05) is 6.07 Å². The molecule has 0 aliphatic carbocycles. The molecule has 7 nitrogen and oxygen atoms in total. The van der Waals surface area contributed by atoms with Crippen LogP contribution in [0.4, 0.5) is 5.69 Å². The molecule has 1 fully saturated rings. The van der Waals surface area contributed by atoms with Gasteiger partial charge in [-0.2, -0.15) is 0 Å². The van der Waals surface area contributed by atoms with E-state index in [0.717, 1.165) is 24.7 Å². The van der Waals surface area contributed by atoms with E-state index in [1.165, 1.54) is 12.1 Å². The number of hydrogen-bond acceptors (Lipinski definition) is 5. The van der Waals surface area contributed by atoms with Crippen molar-refractivity contribution in [2.45, 2.75) is 6.04 Å². The molecular formula is C13H15N3O4. The van der Waals surface area contributed by atoms with Gasteiger partial charge >= 0.3 is 5.97 Å². The van der Waals surface area contributed by atoms with Crippen LogP contribution in [0.25, 0.3) is 6.08 Å². The molecule has 0 bridgehead atoms. The summed E-state index contributed by atoms with van der Waals surface area (Å²) < 4.78 is 0. The van der Waals surface area contributed by atoms with Gasteiger partial charge in [0.2, 0.25) is 0 Å². The van der Waals surface area contributed by atoms with Crippen molar-refractivity contribution in [3.8, 4) is 0 Å². The van der Waals surface area contributed by atoms with E-state index in [2.05, 4.69) is 10.6 Å². The first kappa shape index (κ1) is 14.2. The summed E-state index contributed by atoms with van der Waals surface area (Å²) in [4.78, 5) is 21.1. The van der Waals surface area contributed by atoms with Gasteiger partial charge in [0.25, 0.3) is 5.69 Å². The number of carboxylic acid groups (broad SMARTS) is 1. The number of benzene rings is 1. The Kier molecular flexibility index (Phi) is 4.44. The summed E-state index contributed by atoms with van der Waals surface area (Å²) in [6.45, 7) is 2.39. The van der Waals surface area contributed by atoms with Crippen molar-refractivity contribution >= 4 is 17.7 Å². The Morgan fingerprint density at radius 2 is 2.25 bits per heavy atom. The van der Waals surface area contributed by atoms with Gasteiger partial charge in [-0.3, -0.25) is 10.1 Å². The quantitative estimate of drug-likeness (QED) is 0.429. The molecule has 1 aliphatic rings. The summed E-state index contributed by atoms with van der Waals surface area (Å²) in [7, 11) is 0. The van der Waals surface area contributed by atoms with Crippen LogP contribution in [0.3, 0.4) is 0 Å². The smallest absolute Gasteiger partial charge is 0.328 e. The Morgan fingerprint density at radius 3 is 2.85 bits per heavy atom. The number of aliphatic carboxylic acids is 1. The van der Waals surface area contributed by atoms with Crippen LogP contribution in [0.1, 0.15) is 17.2 Å². The number of hydrogen-bond donors (Lipinski definition) is 3. The van der Waals surface area contributed by atoms with E-state index < -0.39 is 10.9 Å². The molecule has 1 aromatic rings. The molecular weight excluding hydrogens is 262 g/mol. The van der Waals surface area contributed by atoms with E-state index in [4.69, 9.17) is 5.11 Å². The largest absolute Gasteiger partial charge is 0.478 e. The zero-order valence-electron chi connectivity index (χ0n) is 10.7. The number of carbonyl (C=O) groups is 1. The summed E-state index contributed by atoms with van der Waals surface area (Å²) in [6.07, 6.45) is 2.12. The SMILES string of the molecule is O=C(O)C=Cc1ccc(C2CNCCN2)cc1[N+](=O)[O-]. The third-order valence-corrected chi connectivity index (χ3v) is 3.10. The summed E-state index contributed by atoms with van der Waals surface area (Å²) in [6, 6.07) is 4.87. The van der Waals surface area contributed by atoms with E-state index in [1.807, 2.05) is 0 Å². The Balaban J connectivity index is 2.31. The number of nitro groups is 1. The van der Waals surface area contributed by atoms with Gasteiger partial charge in [0, 0.05) is 37.8 Å². The van der Waals surface area contributed by atoms with E-state index in [0.29, 0.717) is 6.54 Å². The number of piperazine rings is 1. The minimum absolute atomic E-state index is 0.0277. The molecule has 0 radical (unpaired) electrons. The van der Waals surface area contributed by atoms with Gasteiger partial charge < -0.3 is 15.7 Å². The fraction of sp³-hybridized carbons (Fsp3) is 0.308. The highest BCUT2D eigenvalue weighted by Crippen LogP contribution is 2.25. The van der Waals surface area contributed by atoms with Crippen LogP contribution >= 0.6 is 0 Å². The molecule has 7 heteroatoms. The standard InChI is InChI=1S/C13H15N3O4/c17-13(18)4-3-9-1-2-10(7-12(9)16(19)20)11-8-14-5-6-15-11/h1-4,7,11,14-15H,5-6,8H2,(H,17,18). The number of carboxylic acids is 1. The highest BCUT2D eigenvalue weighted by molar-refractivity contribution is 5.86. The van der Waals surface area contributed by atoms with Crippen LogP contribution in [0.5, 0.6) is 0 Å². The molecule has 106 valence electrons. The Morgan fingerprint density at radius 1 is 1.45 bits per heavy atom. The van der Waals surface area contributed by atoms with Crippen LogP contribution in [0.15, 0.2) is 24.3 Å². The lowest BCUT2D eigenvalue weighted by Crippen LogP contribution is -2.42. The first-order chi connectivity index (χ1) is 9.58. The Hall–Kier alpha value is -2.25. The van der Waals surface area contributed by atoms with Gasteiger partial charge in [-0.25, -0.2) is 4.79 Å². The van der Waals surface area contributed by atoms with Crippen molar-refractivity contribution in [1.29, 1.82) is 0 Å². The van der Waals surface area contributed by atoms with E-state index >= 15 is 0 Å². The first-order valence-corrected chi connectivity index (χ1v) is 6.21. The first-order valence-electron chi connectivity index (χ1n) is 6.21. The lowest BCUT2D eigenvalue weighted by atomic mass is 10.0. The highest BCUT2D eigenvalue weighted by Gasteiger charge is 2.19. The van der Waals surface area contributed by atoms with Gasteiger partial charge in [0.05, 0.1) is 10.5 Å². The van der Waals surface area contributed by atoms with Crippen LogP contribution in [-0.2, 0) is 4.79 Å². The normalized spacial score (nSPS) is 19.1. The third-order valence-electron chi connectivity index (χ3n) is 3.10. The molecule has 1 aromatic carbocycles. The predicted molar refractivity (Wildman–Crippen MR) is 73.4 cm³/mol. The molecule has 2 rings (SSSR count). The zero-order chi connectivity index (χ0) is 14.5. The molecule has 0 aromatic heterocycles. The molecule has 20 heavy (non-hydrogen) atoms. The fourth-order valence-electron chi connectivity index (χ4n) is 2.13. The Labute approximate surface area is 115 Å². The maximum Gasteiger partial charge on any atom is 0.328 e. The Bertz CT molecular complexity index is 551. The average molecular weight is 277 g/mol. The van der Waals surface area contributed by atoms with Crippen LogP contribution in [0.2, 0.25) is 0 Å². The van der Waals surface area contributed by atoms with Crippen molar-refractivity contribution in [2.75, 3.05) is 19.6 Å². The van der Waals surface area contributed by atoms with Gasteiger partial charge in [0.15, 0.2) is 0 Å². The summed E-state index contributed by atoms with van der Waals surface area (Å²) in [5.41, 5.74) is 1.01.